The average Bonchev–Trinajstić information content (AvgIpc) is 3.24. The maximum absolute atomic E-state index is 13.3. The highest BCUT2D eigenvalue weighted by atomic mass is 19.1. The van der Waals surface area contributed by atoms with E-state index < -0.39 is 0 Å². The predicted octanol–water partition coefficient (Wildman–Crippen LogP) is 5.18. The quantitative estimate of drug-likeness (QED) is 0.493. The Kier molecular flexibility index (Phi) is 4.92. The van der Waals surface area contributed by atoms with Gasteiger partial charge >= 0.3 is 0 Å². The van der Waals surface area contributed by atoms with Crippen molar-refractivity contribution in [2.24, 2.45) is 0 Å². The molecule has 2 heterocycles. The Morgan fingerprint density at radius 2 is 1.86 bits per heavy atom. The Labute approximate surface area is 168 Å². The molecule has 0 saturated carbocycles. The van der Waals surface area contributed by atoms with Crippen LogP contribution in [0.3, 0.4) is 0 Å². The van der Waals surface area contributed by atoms with E-state index in [1.54, 1.807) is 12.1 Å². The Hall–Kier alpha value is -3.41. The zero-order chi connectivity index (χ0) is 20.5. The van der Waals surface area contributed by atoms with Crippen molar-refractivity contribution in [3.8, 4) is 11.4 Å². The number of anilines is 1. The maximum atomic E-state index is 13.3. The fraction of sp³-hybridized carbons (Fsp3) is 0.217. The van der Waals surface area contributed by atoms with Gasteiger partial charge in [0.25, 0.3) is 0 Å². The van der Waals surface area contributed by atoms with Crippen molar-refractivity contribution < 1.29 is 9.18 Å². The first-order valence-corrected chi connectivity index (χ1v) is 9.67. The van der Waals surface area contributed by atoms with Gasteiger partial charge in [0.2, 0.25) is 5.91 Å². The van der Waals surface area contributed by atoms with Gasteiger partial charge in [-0.3, -0.25) is 4.79 Å². The fourth-order valence-corrected chi connectivity index (χ4v) is 3.55. The first-order chi connectivity index (χ1) is 14.0. The lowest BCUT2D eigenvalue weighted by Gasteiger charge is -2.14. The van der Waals surface area contributed by atoms with Crippen molar-refractivity contribution >= 4 is 22.8 Å². The highest BCUT2D eigenvalue weighted by Crippen LogP contribution is 2.36. The molecule has 0 fully saturated rings. The number of rotatable bonds is 5. The van der Waals surface area contributed by atoms with Gasteiger partial charge in [-0.15, -0.1) is 0 Å². The van der Waals surface area contributed by atoms with E-state index in [4.69, 9.17) is 4.98 Å². The topological polar surface area (TPSA) is 62.7 Å². The lowest BCUT2D eigenvalue weighted by molar-refractivity contribution is -0.115. The number of aromatic nitrogens is 3. The Morgan fingerprint density at radius 1 is 1.14 bits per heavy atom. The molecule has 0 saturated heterocycles. The first-order valence-electron chi connectivity index (χ1n) is 9.67. The molecule has 2 aromatic carbocycles. The number of para-hydroxylation sites is 2. The second-order valence-corrected chi connectivity index (χ2v) is 7.15. The summed E-state index contributed by atoms with van der Waals surface area (Å²) in [5.41, 5.74) is 5.71. The van der Waals surface area contributed by atoms with Gasteiger partial charge in [0.15, 0.2) is 0 Å². The number of amides is 1. The van der Waals surface area contributed by atoms with Crippen LogP contribution in [0, 0.1) is 19.7 Å². The van der Waals surface area contributed by atoms with Gasteiger partial charge in [0, 0.05) is 18.7 Å². The molecule has 2 aromatic heterocycles. The van der Waals surface area contributed by atoms with Crippen molar-refractivity contribution in [2.45, 2.75) is 33.7 Å². The van der Waals surface area contributed by atoms with Crippen LogP contribution in [0.5, 0.6) is 0 Å². The Morgan fingerprint density at radius 3 is 2.55 bits per heavy atom. The van der Waals surface area contributed by atoms with E-state index in [1.165, 1.54) is 12.1 Å². The van der Waals surface area contributed by atoms with Gasteiger partial charge in [-0.05, 0) is 49.2 Å². The van der Waals surface area contributed by atoms with Crippen molar-refractivity contribution in [2.75, 3.05) is 5.32 Å². The van der Waals surface area contributed by atoms with E-state index in [0.29, 0.717) is 18.8 Å². The van der Waals surface area contributed by atoms with Crippen LogP contribution in [0.15, 0.2) is 48.5 Å². The van der Waals surface area contributed by atoms with E-state index in [-0.39, 0.29) is 11.7 Å². The number of hydrogen-bond donors (Lipinski definition) is 2. The van der Waals surface area contributed by atoms with Crippen molar-refractivity contribution in [1.29, 1.82) is 0 Å². The number of aromatic amines is 1. The molecule has 0 atom stereocenters. The van der Waals surface area contributed by atoms with Gasteiger partial charge in [0.1, 0.15) is 17.5 Å². The molecule has 0 aliphatic heterocycles. The summed E-state index contributed by atoms with van der Waals surface area (Å²) in [6.07, 6.45) is 0.374. The molecule has 0 radical (unpaired) electrons. The number of carbonyl (C=O) groups excluding carboxylic acids is 1. The summed E-state index contributed by atoms with van der Waals surface area (Å²) in [5, 5.41) is 3.05. The number of imidazole rings is 1. The molecule has 6 heteroatoms. The number of fused-ring (bicyclic) bond motifs is 1. The lowest BCUT2D eigenvalue weighted by Crippen LogP contribution is -2.15. The molecule has 0 aliphatic rings. The minimum Gasteiger partial charge on any atom is -0.338 e. The van der Waals surface area contributed by atoms with Crippen LogP contribution in [0.25, 0.3) is 22.4 Å². The molecule has 0 spiro atoms. The van der Waals surface area contributed by atoms with Crippen LogP contribution < -0.4 is 5.32 Å². The third-order valence-corrected chi connectivity index (χ3v) is 5.29. The predicted molar refractivity (Wildman–Crippen MR) is 113 cm³/mol. The number of nitrogens with zero attached hydrogens (tertiary/aromatic N) is 2. The minimum absolute atomic E-state index is 0.0692. The Balaban J connectivity index is 1.87. The highest BCUT2D eigenvalue weighted by molar-refractivity contribution is 5.95. The maximum Gasteiger partial charge on any atom is 0.225 e. The number of nitrogens with one attached hydrogen (secondary N) is 2. The molecule has 5 nitrogen and oxygen atoms in total. The number of halogens is 1. The van der Waals surface area contributed by atoms with Crippen LogP contribution >= 0.6 is 0 Å². The molecule has 0 aliphatic carbocycles. The molecule has 4 aromatic rings. The largest absolute Gasteiger partial charge is 0.338 e. The molecule has 4 rings (SSSR count). The number of hydrogen-bond acceptors (Lipinski definition) is 2. The van der Waals surface area contributed by atoms with Crippen LogP contribution in [0.1, 0.15) is 30.2 Å². The monoisotopic (exact) mass is 390 g/mol. The van der Waals surface area contributed by atoms with E-state index >= 15 is 0 Å². The summed E-state index contributed by atoms with van der Waals surface area (Å²) in [6, 6.07) is 14.3. The summed E-state index contributed by atoms with van der Waals surface area (Å²) in [6.45, 7) is 6.39. The molecule has 0 bridgehead atoms. The smallest absolute Gasteiger partial charge is 0.225 e. The summed E-state index contributed by atoms with van der Waals surface area (Å²) < 4.78 is 15.4. The van der Waals surface area contributed by atoms with Crippen molar-refractivity contribution in [1.82, 2.24) is 14.5 Å². The number of H-pyrrole nitrogens is 1. The zero-order valence-corrected chi connectivity index (χ0v) is 16.7. The molecule has 1 amide bonds. The zero-order valence-electron chi connectivity index (χ0n) is 16.7. The second-order valence-electron chi connectivity index (χ2n) is 7.15. The standard InChI is InChI=1S/C23H23FN4O/c1-4-20(29)27-23-21(22-25-18-7-5-6-8-19(18)26-22)14(2)15(3)28(23)13-16-9-11-17(24)12-10-16/h5-12H,4,13H2,1-3H3,(H,25,26)(H,27,29). The SMILES string of the molecule is CCC(=O)Nc1c(-c2nc3ccccc3[nH]2)c(C)c(C)n1Cc1ccc(F)cc1. The minimum atomic E-state index is -0.267. The van der Waals surface area contributed by atoms with Gasteiger partial charge < -0.3 is 14.9 Å². The van der Waals surface area contributed by atoms with Gasteiger partial charge in [-0.1, -0.05) is 31.2 Å². The Bertz CT molecular complexity index is 1150. The lowest BCUT2D eigenvalue weighted by atomic mass is 10.1. The third kappa shape index (κ3) is 3.53. The molecular weight excluding hydrogens is 367 g/mol. The number of carbonyl (C=O) groups is 1. The third-order valence-electron chi connectivity index (χ3n) is 5.29. The van der Waals surface area contributed by atoms with E-state index in [1.807, 2.05) is 45.0 Å². The van der Waals surface area contributed by atoms with Crippen LogP contribution in [-0.2, 0) is 11.3 Å². The molecule has 2 N–H and O–H groups in total. The van der Waals surface area contributed by atoms with Gasteiger partial charge in [-0.25, -0.2) is 9.37 Å². The van der Waals surface area contributed by atoms with Crippen LogP contribution in [-0.4, -0.2) is 20.4 Å². The second kappa shape index (κ2) is 7.54. The summed E-state index contributed by atoms with van der Waals surface area (Å²) in [7, 11) is 0. The number of benzene rings is 2. The first kappa shape index (κ1) is 18.9. The average molecular weight is 390 g/mol. The highest BCUT2D eigenvalue weighted by Gasteiger charge is 2.23. The van der Waals surface area contributed by atoms with Gasteiger partial charge in [-0.2, -0.15) is 0 Å². The van der Waals surface area contributed by atoms with E-state index in [9.17, 15) is 9.18 Å². The van der Waals surface area contributed by atoms with Gasteiger partial charge in [0.05, 0.1) is 16.6 Å². The molecular formula is C23H23FN4O. The van der Waals surface area contributed by atoms with Crippen LogP contribution in [0.4, 0.5) is 10.2 Å². The van der Waals surface area contributed by atoms with Crippen molar-refractivity contribution in [3.63, 3.8) is 0 Å². The van der Waals surface area contributed by atoms with Crippen LogP contribution in [0.2, 0.25) is 0 Å². The van der Waals surface area contributed by atoms with E-state index in [2.05, 4.69) is 14.9 Å². The molecule has 148 valence electrons. The summed E-state index contributed by atoms with van der Waals surface area (Å²) >= 11 is 0. The molecule has 29 heavy (non-hydrogen) atoms. The summed E-state index contributed by atoms with van der Waals surface area (Å²) in [5.74, 6) is 1.09. The molecule has 0 unspecified atom stereocenters. The summed E-state index contributed by atoms with van der Waals surface area (Å²) in [4.78, 5) is 20.4. The van der Waals surface area contributed by atoms with E-state index in [0.717, 1.165) is 39.2 Å². The van der Waals surface area contributed by atoms with Crippen molar-refractivity contribution in [3.05, 3.63) is 71.2 Å². The normalized spacial score (nSPS) is 11.2. The fourth-order valence-electron chi connectivity index (χ4n) is 3.55.